The summed E-state index contributed by atoms with van der Waals surface area (Å²) < 4.78 is 0. The molecular weight excluding hydrogens is 232 g/mol. The number of hydrogen-bond donors (Lipinski definition) is 2. The van der Waals surface area contributed by atoms with Gasteiger partial charge in [-0.2, -0.15) is 0 Å². The predicted molar refractivity (Wildman–Crippen MR) is 69.5 cm³/mol. The van der Waals surface area contributed by atoms with Gasteiger partial charge in [-0.1, -0.05) is 6.92 Å². The molecule has 1 fully saturated rings. The summed E-state index contributed by atoms with van der Waals surface area (Å²) in [6.07, 6.45) is 4.13. The average molecular weight is 256 g/mol. The first-order valence-corrected chi connectivity index (χ1v) is 6.66. The summed E-state index contributed by atoms with van der Waals surface area (Å²) in [6.45, 7) is 6.33. The summed E-state index contributed by atoms with van der Waals surface area (Å²) in [4.78, 5) is 24.8. The minimum Gasteiger partial charge on any atom is -0.481 e. The van der Waals surface area contributed by atoms with E-state index in [9.17, 15) is 9.59 Å². The number of carbonyl (C=O) groups is 2. The first-order valence-electron chi connectivity index (χ1n) is 6.66. The zero-order valence-corrected chi connectivity index (χ0v) is 11.5. The van der Waals surface area contributed by atoms with Crippen LogP contribution in [0.3, 0.4) is 0 Å². The van der Waals surface area contributed by atoms with E-state index in [1.807, 2.05) is 4.90 Å². The van der Waals surface area contributed by atoms with E-state index in [0.29, 0.717) is 6.04 Å². The highest BCUT2D eigenvalue weighted by atomic mass is 16.4. The number of urea groups is 1. The van der Waals surface area contributed by atoms with Crippen LogP contribution in [-0.2, 0) is 4.79 Å². The zero-order chi connectivity index (χ0) is 13.8. The minimum atomic E-state index is -0.897. The van der Waals surface area contributed by atoms with Gasteiger partial charge in [0.15, 0.2) is 0 Å². The monoisotopic (exact) mass is 256 g/mol. The average Bonchev–Trinajstić information content (AvgIpc) is 2.26. The molecule has 104 valence electrons. The van der Waals surface area contributed by atoms with Gasteiger partial charge in [-0.25, -0.2) is 4.79 Å². The molecule has 0 saturated carbocycles. The van der Waals surface area contributed by atoms with Crippen molar-refractivity contribution in [1.29, 1.82) is 0 Å². The largest absolute Gasteiger partial charge is 0.481 e. The third kappa shape index (κ3) is 4.20. The molecule has 0 aliphatic carbocycles. The molecule has 2 N–H and O–H groups in total. The normalized spacial score (nSPS) is 20.6. The molecular formula is C13H24N2O3. The number of amides is 2. The molecule has 0 aromatic carbocycles. The third-order valence-corrected chi connectivity index (χ3v) is 3.40. The summed E-state index contributed by atoms with van der Waals surface area (Å²) >= 11 is 0. The van der Waals surface area contributed by atoms with Gasteiger partial charge in [-0.3, -0.25) is 4.79 Å². The maximum Gasteiger partial charge on any atom is 0.318 e. The number of aliphatic carboxylic acids is 1. The summed E-state index contributed by atoms with van der Waals surface area (Å²) in [5.41, 5.74) is -0.710. The molecule has 0 bridgehead atoms. The Hall–Kier alpha value is -1.26. The maximum atomic E-state index is 12.2. The van der Waals surface area contributed by atoms with Gasteiger partial charge < -0.3 is 15.3 Å². The van der Waals surface area contributed by atoms with Crippen LogP contribution >= 0.6 is 0 Å². The van der Waals surface area contributed by atoms with Crippen LogP contribution in [0, 0.1) is 0 Å². The minimum absolute atomic E-state index is 0.0661. The molecule has 1 heterocycles. The van der Waals surface area contributed by atoms with E-state index in [2.05, 4.69) is 12.2 Å². The molecule has 5 nitrogen and oxygen atoms in total. The fourth-order valence-corrected chi connectivity index (χ4v) is 2.48. The molecule has 1 unspecified atom stereocenters. The molecule has 0 radical (unpaired) electrons. The van der Waals surface area contributed by atoms with Crippen LogP contribution in [0.25, 0.3) is 0 Å². The van der Waals surface area contributed by atoms with E-state index in [1.54, 1.807) is 13.8 Å². The van der Waals surface area contributed by atoms with E-state index in [4.69, 9.17) is 5.11 Å². The Morgan fingerprint density at radius 1 is 1.39 bits per heavy atom. The number of piperidine rings is 1. The topological polar surface area (TPSA) is 69.6 Å². The highest BCUT2D eigenvalue weighted by molar-refractivity contribution is 5.77. The lowest BCUT2D eigenvalue weighted by Crippen LogP contribution is -2.54. The van der Waals surface area contributed by atoms with Gasteiger partial charge in [0.05, 0.1) is 6.42 Å². The lowest BCUT2D eigenvalue weighted by atomic mass is 9.99. The molecule has 1 saturated heterocycles. The van der Waals surface area contributed by atoms with Crippen LogP contribution in [0.5, 0.6) is 0 Å². The summed E-state index contributed by atoms with van der Waals surface area (Å²) in [5.74, 6) is -0.897. The smallest absolute Gasteiger partial charge is 0.318 e. The van der Waals surface area contributed by atoms with E-state index < -0.39 is 11.5 Å². The number of carboxylic acid groups (broad SMARTS) is 1. The van der Waals surface area contributed by atoms with Crippen LogP contribution in [-0.4, -0.2) is 40.1 Å². The number of carbonyl (C=O) groups excluding carboxylic acids is 1. The Kier molecular flexibility index (Phi) is 4.99. The van der Waals surface area contributed by atoms with Gasteiger partial charge in [0.25, 0.3) is 0 Å². The Balaban J connectivity index is 2.60. The van der Waals surface area contributed by atoms with Crippen LogP contribution in [0.4, 0.5) is 4.79 Å². The fraction of sp³-hybridized carbons (Fsp3) is 0.846. The van der Waals surface area contributed by atoms with Gasteiger partial charge in [0.1, 0.15) is 0 Å². The number of nitrogens with one attached hydrogen (secondary N) is 1. The third-order valence-electron chi connectivity index (χ3n) is 3.40. The van der Waals surface area contributed by atoms with E-state index in [0.717, 1.165) is 25.8 Å². The highest BCUT2D eigenvalue weighted by Gasteiger charge is 2.30. The van der Waals surface area contributed by atoms with Gasteiger partial charge in [-0.05, 0) is 39.5 Å². The van der Waals surface area contributed by atoms with Crippen molar-refractivity contribution in [2.45, 2.75) is 64.5 Å². The summed E-state index contributed by atoms with van der Waals surface area (Å²) in [5, 5.41) is 11.6. The maximum absolute atomic E-state index is 12.2. The molecule has 5 heteroatoms. The molecule has 0 aromatic rings. The second kappa shape index (κ2) is 6.07. The van der Waals surface area contributed by atoms with E-state index >= 15 is 0 Å². The fourth-order valence-electron chi connectivity index (χ4n) is 2.48. The number of hydrogen-bond acceptors (Lipinski definition) is 2. The summed E-state index contributed by atoms with van der Waals surface area (Å²) in [6, 6.07) is 0.159. The lowest BCUT2D eigenvalue weighted by molar-refractivity contribution is -0.138. The van der Waals surface area contributed by atoms with Crippen LogP contribution in [0.1, 0.15) is 52.9 Å². The van der Waals surface area contributed by atoms with Crippen LogP contribution < -0.4 is 5.32 Å². The number of carboxylic acids is 1. The Bertz CT molecular complexity index is 315. The van der Waals surface area contributed by atoms with Crippen molar-refractivity contribution >= 4 is 12.0 Å². The molecule has 1 aliphatic rings. The van der Waals surface area contributed by atoms with Crippen LogP contribution in [0.2, 0.25) is 0 Å². The van der Waals surface area contributed by atoms with Crippen molar-refractivity contribution in [3.8, 4) is 0 Å². The number of likely N-dealkylation sites (tertiary alicyclic amines) is 1. The molecule has 2 amide bonds. The first-order chi connectivity index (χ1) is 8.35. The van der Waals surface area contributed by atoms with E-state index in [-0.39, 0.29) is 12.5 Å². The predicted octanol–water partition coefficient (Wildman–Crippen LogP) is 2.21. The molecule has 0 spiro atoms. The van der Waals surface area contributed by atoms with Crippen molar-refractivity contribution in [3.05, 3.63) is 0 Å². The van der Waals surface area contributed by atoms with Gasteiger partial charge in [-0.15, -0.1) is 0 Å². The first kappa shape index (κ1) is 14.8. The SMILES string of the molecule is CCC1CCCCN1C(=O)NC(C)(C)CC(=O)O. The van der Waals surface area contributed by atoms with Crippen LogP contribution in [0.15, 0.2) is 0 Å². The molecule has 1 atom stereocenters. The lowest BCUT2D eigenvalue weighted by Gasteiger charge is -2.37. The van der Waals surface area contributed by atoms with Crippen molar-refractivity contribution in [1.82, 2.24) is 10.2 Å². The second-order valence-corrected chi connectivity index (χ2v) is 5.64. The quantitative estimate of drug-likeness (QED) is 0.810. The highest BCUT2D eigenvalue weighted by Crippen LogP contribution is 2.20. The second-order valence-electron chi connectivity index (χ2n) is 5.64. The number of rotatable bonds is 4. The van der Waals surface area contributed by atoms with Gasteiger partial charge in [0, 0.05) is 18.1 Å². The molecule has 0 aromatic heterocycles. The molecule has 18 heavy (non-hydrogen) atoms. The standard InChI is InChI=1S/C13H24N2O3/c1-4-10-7-5-6-8-15(10)12(18)14-13(2,3)9-11(16)17/h10H,4-9H2,1-3H3,(H,14,18)(H,16,17). The van der Waals surface area contributed by atoms with E-state index in [1.165, 1.54) is 6.42 Å². The van der Waals surface area contributed by atoms with Crippen molar-refractivity contribution in [3.63, 3.8) is 0 Å². The van der Waals surface area contributed by atoms with Gasteiger partial charge in [0.2, 0.25) is 0 Å². The van der Waals surface area contributed by atoms with Crippen molar-refractivity contribution < 1.29 is 14.7 Å². The van der Waals surface area contributed by atoms with Gasteiger partial charge >= 0.3 is 12.0 Å². The molecule has 1 aliphatic heterocycles. The van der Waals surface area contributed by atoms with Crippen molar-refractivity contribution in [2.75, 3.05) is 6.54 Å². The molecule has 1 rings (SSSR count). The zero-order valence-electron chi connectivity index (χ0n) is 11.5. The Morgan fingerprint density at radius 3 is 2.61 bits per heavy atom. The Morgan fingerprint density at radius 2 is 2.06 bits per heavy atom. The Labute approximate surface area is 109 Å². The number of nitrogens with zero attached hydrogens (tertiary/aromatic N) is 1. The summed E-state index contributed by atoms with van der Waals surface area (Å²) in [7, 11) is 0. The van der Waals surface area contributed by atoms with Crippen molar-refractivity contribution in [2.24, 2.45) is 0 Å².